The van der Waals surface area contributed by atoms with Crippen LogP contribution in [-0.2, 0) is 0 Å². The van der Waals surface area contributed by atoms with Crippen molar-refractivity contribution in [3.63, 3.8) is 0 Å². The molecule has 22 heavy (non-hydrogen) atoms. The first kappa shape index (κ1) is 18.0. The Hall–Kier alpha value is -2.09. The zero-order valence-electron chi connectivity index (χ0n) is 14.3. The number of hydrogen-bond donors (Lipinski definition) is 1. The number of hydrogen-bond acceptors (Lipinski definition) is 2. The van der Waals surface area contributed by atoms with Crippen molar-refractivity contribution < 1.29 is 0 Å². The van der Waals surface area contributed by atoms with Crippen molar-refractivity contribution in [1.82, 2.24) is 5.32 Å². The van der Waals surface area contributed by atoms with Crippen LogP contribution < -0.4 is 5.32 Å². The molecule has 0 bridgehead atoms. The van der Waals surface area contributed by atoms with E-state index in [1.54, 1.807) is 0 Å². The molecule has 0 aliphatic rings. The van der Waals surface area contributed by atoms with E-state index < -0.39 is 0 Å². The van der Waals surface area contributed by atoms with Crippen molar-refractivity contribution in [2.24, 2.45) is 10.9 Å². The summed E-state index contributed by atoms with van der Waals surface area (Å²) < 4.78 is 0. The number of rotatable bonds is 8. The quantitative estimate of drug-likeness (QED) is 0.496. The highest BCUT2D eigenvalue weighted by atomic mass is 14.9. The van der Waals surface area contributed by atoms with Crippen LogP contribution in [0.3, 0.4) is 0 Å². The van der Waals surface area contributed by atoms with Gasteiger partial charge >= 0.3 is 0 Å². The molecule has 1 aromatic carbocycles. The van der Waals surface area contributed by atoms with Crippen LogP contribution in [0.5, 0.6) is 0 Å². The highest BCUT2D eigenvalue weighted by Gasteiger charge is 2.01. The minimum Gasteiger partial charge on any atom is -0.383 e. The molecule has 1 aromatic rings. The molecule has 1 N–H and O–H groups in total. The van der Waals surface area contributed by atoms with Gasteiger partial charge in [-0.3, -0.25) is 4.99 Å². The van der Waals surface area contributed by atoms with Gasteiger partial charge in [0.15, 0.2) is 0 Å². The molecule has 0 spiro atoms. The number of benzene rings is 1. The molecule has 1 atom stereocenters. The molecule has 0 heterocycles. The molecule has 0 fully saturated rings. The molecule has 0 aliphatic heterocycles. The van der Waals surface area contributed by atoms with Gasteiger partial charge in [-0.15, -0.1) is 0 Å². The number of aliphatic imine (C=N–C) groups is 1. The second-order valence-electron chi connectivity index (χ2n) is 5.95. The Labute approximate surface area is 135 Å². The van der Waals surface area contributed by atoms with Gasteiger partial charge in [-0.2, -0.15) is 0 Å². The summed E-state index contributed by atoms with van der Waals surface area (Å²) in [6.07, 6.45) is 7.05. The molecule has 1 rings (SSSR count). The van der Waals surface area contributed by atoms with Crippen molar-refractivity contribution in [2.75, 3.05) is 0 Å². The van der Waals surface area contributed by atoms with Gasteiger partial charge in [0, 0.05) is 18.0 Å². The standard InChI is InChI=1S/C20H28N2/c1-7-8-16(4)13-17(5)14-21-20-11-9-19(10-12-20)18(6)22-15(2)3/h7-12,14-16,22H,5-6,13H2,1-4H3/b8-7-,21-14+. The van der Waals surface area contributed by atoms with E-state index in [1.807, 2.05) is 37.4 Å². The van der Waals surface area contributed by atoms with Crippen LogP contribution >= 0.6 is 0 Å². The second kappa shape index (κ2) is 9.04. The van der Waals surface area contributed by atoms with Gasteiger partial charge in [-0.05, 0) is 56.4 Å². The molecule has 0 aromatic heterocycles. The Morgan fingerprint density at radius 2 is 1.82 bits per heavy atom. The van der Waals surface area contributed by atoms with E-state index in [9.17, 15) is 0 Å². The third kappa shape index (κ3) is 6.57. The summed E-state index contributed by atoms with van der Waals surface area (Å²) in [5, 5.41) is 3.31. The van der Waals surface area contributed by atoms with E-state index >= 15 is 0 Å². The summed E-state index contributed by atoms with van der Waals surface area (Å²) in [4.78, 5) is 4.48. The van der Waals surface area contributed by atoms with Gasteiger partial charge in [-0.1, -0.05) is 44.4 Å². The molecule has 2 heteroatoms. The van der Waals surface area contributed by atoms with E-state index in [-0.39, 0.29) is 0 Å². The lowest BCUT2D eigenvalue weighted by atomic mass is 10.0. The molecule has 0 amide bonds. The van der Waals surface area contributed by atoms with Gasteiger partial charge < -0.3 is 5.32 Å². The smallest absolute Gasteiger partial charge is 0.0630 e. The van der Waals surface area contributed by atoms with Crippen LogP contribution in [0.15, 0.2) is 60.1 Å². The molecule has 0 saturated carbocycles. The van der Waals surface area contributed by atoms with E-state index in [0.717, 1.165) is 28.9 Å². The van der Waals surface area contributed by atoms with Gasteiger partial charge in [0.25, 0.3) is 0 Å². The van der Waals surface area contributed by atoms with Crippen LogP contribution in [0, 0.1) is 5.92 Å². The Balaban J connectivity index is 2.62. The predicted octanol–water partition coefficient (Wildman–Crippen LogP) is 5.52. The fourth-order valence-corrected chi connectivity index (χ4v) is 2.21. The van der Waals surface area contributed by atoms with Gasteiger partial charge in [0.1, 0.15) is 0 Å². The Morgan fingerprint density at radius 3 is 2.36 bits per heavy atom. The zero-order valence-corrected chi connectivity index (χ0v) is 14.3. The Kier molecular flexibility index (Phi) is 7.38. The lowest BCUT2D eigenvalue weighted by molar-refractivity contribution is 0.718. The minimum atomic E-state index is 0.382. The zero-order chi connectivity index (χ0) is 16.5. The SMILES string of the molecule is C=C(/C=N/c1ccc(C(=C)NC(C)C)cc1)CC(C)/C=C\C. The monoisotopic (exact) mass is 296 g/mol. The van der Waals surface area contributed by atoms with Gasteiger partial charge in [-0.25, -0.2) is 0 Å². The summed E-state index contributed by atoms with van der Waals surface area (Å²) in [7, 11) is 0. The van der Waals surface area contributed by atoms with Gasteiger partial charge in [0.05, 0.1) is 5.69 Å². The first-order valence-electron chi connectivity index (χ1n) is 7.83. The van der Waals surface area contributed by atoms with Crippen molar-refractivity contribution >= 4 is 17.6 Å². The molecule has 0 radical (unpaired) electrons. The Bertz CT molecular complexity index is 548. The second-order valence-corrected chi connectivity index (χ2v) is 5.95. The maximum absolute atomic E-state index is 4.48. The van der Waals surface area contributed by atoms with Crippen molar-refractivity contribution in [1.29, 1.82) is 0 Å². The largest absolute Gasteiger partial charge is 0.383 e. The third-order valence-corrected chi connectivity index (χ3v) is 3.18. The Morgan fingerprint density at radius 1 is 1.18 bits per heavy atom. The average Bonchev–Trinajstić information content (AvgIpc) is 2.45. The van der Waals surface area contributed by atoms with Gasteiger partial charge in [0.2, 0.25) is 0 Å². The van der Waals surface area contributed by atoms with Crippen LogP contribution in [0.25, 0.3) is 5.70 Å². The van der Waals surface area contributed by atoms with E-state index in [1.165, 1.54) is 0 Å². The maximum Gasteiger partial charge on any atom is 0.0630 e. The van der Waals surface area contributed by atoms with Crippen LogP contribution in [0.4, 0.5) is 5.69 Å². The summed E-state index contributed by atoms with van der Waals surface area (Å²) in [6, 6.07) is 8.46. The van der Waals surface area contributed by atoms with Crippen molar-refractivity contribution in [3.8, 4) is 0 Å². The van der Waals surface area contributed by atoms with Crippen molar-refractivity contribution in [2.45, 2.75) is 40.2 Å². The summed E-state index contributed by atoms with van der Waals surface area (Å²) in [5.41, 5.74) is 4.00. The summed E-state index contributed by atoms with van der Waals surface area (Å²) in [6.45, 7) is 16.5. The minimum absolute atomic E-state index is 0.382. The first-order chi connectivity index (χ1) is 10.4. The molecule has 2 nitrogen and oxygen atoms in total. The highest BCUT2D eigenvalue weighted by molar-refractivity contribution is 5.80. The topological polar surface area (TPSA) is 24.4 Å². The summed E-state index contributed by atoms with van der Waals surface area (Å²) >= 11 is 0. The first-order valence-corrected chi connectivity index (χ1v) is 7.83. The average molecular weight is 296 g/mol. The van der Waals surface area contributed by atoms with E-state index in [2.05, 4.69) is 56.4 Å². The fraction of sp³-hybridized carbons (Fsp3) is 0.350. The summed E-state index contributed by atoms with van der Waals surface area (Å²) in [5.74, 6) is 0.497. The maximum atomic E-state index is 4.48. The van der Waals surface area contributed by atoms with Crippen LogP contribution in [0.1, 0.15) is 39.7 Å². The molecule has 1 unspecified atom stereocenters. The predicted molar refractivity (Wildman–Crippen MR) is 99.6 cm³/mol. The number of allylic oxidation sites excluding steroid dienone is 3. The van der Waals surface area contributed by atoms with Crippen molar-refractivity contribution in [3.05, 3.63) is 60.7 Å². The van der Waals surface area contributed by atoms with E-state index in [0.29, 0.717) is 12.0 Å². The van der Waals surface area contributed by atoms with Crippen LogP contribution in [-0.4, -0.2) is 12.3 Å². The van der Waals surface area contributed by atoms with Crippen LogP contribution in [0.2, 0.25) is 0 Å². The number of nitrogens with zero attached hydrogens (tertiary/aromatic N) is 1. The molecule has 0 saturated heterocycles. The van der Waals surface area contributed by atoms with E-state index in [4.69, 9.17) is 0 Å². The molecular formula is C20H28N2. The number of nitrogens with one attached hydrogen (secondary N) is 1. The lowest BCUT2D eigenvalue weighted by Gasteiger charge is -2.12. The molecule has 118 valence electrons. The highest BCUT2D eigenvalue weighted by Crippen LogP contribution is 2.18. The molecule has 0 aliphatic carbocycles. The normalized spacial score (nSPS) is 13.0. The fourth-order valence-electron chi connectivity index (χ4n) is 2.21. The third-order valence-electron chi connectivity index (χ3n) is 3.18. The lowest BCUT2D eigenvalue weighted by Crippen LogP contribution is -2.20. The molecular weight excluding hydrogens is 268 g/mol.